The van der Waals surface area contributed by atoms with Gasteiger partial charge in [-0.15, -0.1) is 0 Å². The first-order valence-electron chi connectivity index (χ1n) is 6.85. The number of hydrogen-bond donors (Lipinski definition) is 1. The Kier molecular flexibility index (Phi) is 4.98. The molecule has 0 radical (unpaired) electrons. The van der Waals surface area contributed by atoms with Crippen LogP contribution in [0.5, 0.6) is 0 Å². The Bertz CT molecular complexity index is 767. The summed E-state index contributed by atoms with van der Waals surface area (Å²) in [6.45, 7) is 0. The number of hydrogen-bond acceptors (Lipinski definition) is 6. The molecule has 24 heavy (non-hydrogen) atoms. The lowest BCUT2D eigenvalue weighted by Crippen LogP contribution is -2.48. The van der Waals surface area contributed by atoms with Gasteiger partial charge in [-0.2, -0.15) is 0 Å². The summed E-state index contributed by atoms with van der Waals surface area (Å²) in [5.41, 5.74) is -2.01. The number of imide groups is 1. The molecule has 0 fully saturated rings. The van der Waals surface area contributed by atoms with Crippen molar-refractivity contribution in [1.82, 2.24) is 10.2 Å². The topological polar surface area (TPSA) is 110 Å². The maximum absolute atomic E-state index is 14.0. The molecular formula is C14H12FN3O5S. The van der Waals surface area contributed by atoms with Crippen LogP contribution >= 0.6 is 12.2 Å². The van der Waals surface area contributed by atoms with Crippen LogP contribution in [0.2, 0.25) is 0 Å². The van der Waals surface area contributed by atoms with Crippen molar-refractivity contribution in [2.24, 2.45) is 0 Å². The van der Waals surface area contributed by atoms with E-state index in [4.69, 9.17) is 0 Å². The second-order valence-corrected chi connectivity index (χ2v) is 5.26. The quantitative estimate of drug-likeness (QED) is 0.356. The second-order valence-electron chi connectivity index (χ2n) is 4.93. The van der Waals surface area contributed by atoms with Gasteiger partial charge in [-0.25, -0.2) is 4.39 Å². The molecule has 1 aromatic rings. The molecule has 0 saturated heterocycles. The summed E-state index contributed by atoms with van der Waals surface area (Å²) < 4.78 is 14.0. The third kappa shape index (κ3) is 2.75. The van der Waals surface area contributed by atoms with Gasteiger partial charge < -0.3 is 5.32 Å². The van der Waals surface area contributed by atoms with E-state index in [0.717, 1.165) is 12.1 Å². The highest BCUT2D eigenvalue weighted by Crippen LogP contribution is 2.34. The molecule has 1 atom stereocenters. The van der Waals surface area contributed by atoms with Gasteiger partial charge in [-0.05, 0) is 24.3 Å². The van der Waals surface area contributed by atoms with E-state index in [2.05, 4.69) is 17.5 Å². The van der Waals surface area contributed by atoms with Gasteiger partial charge in [0.2, 0.25) is 5.91 Å². The number of nitro benzene ring substituents is 1. The molecule has 1 aromatic carbocycles. The van der Waals surface area contributed by atoms with E-state index in [1.165, 1.54) is 12.4 Å². The number of thiocarbonyl (C=S) groups is 1. The molecule has 3 amide bonds. The number of rotatable bonds is 6. The van der Waals surface area contributed by atoms with E-state index in [9.17, 15) is 28.9 Å². The van der Waals surface area contributed by atoms with Crippen LogP contribution in [-0.2, 0) is 4.79 Å². The zero-order valence-electron chi connectivity index (χ0n) is 12.4. The lowest BCUT2D eigenvalue weighted by Gasteiger charge is -2.24. The first kappa shape index (κ1) is 17.6. The molecule has 0 aromatic heterocycles. The number of carbonyl (C=O) groups excluding carboxylic acids is 3. The third-order valence-corrected chi connectivity index (χ3v) is 3.85. The van der Waals surface area contributed by atoms with Crippen LogP contribution in [0, 0.1) is 15.9 Å². The molecule has 1 heterocycles. The lowest BCUT2D eigenvalue weighted by molar-refractivity contribution is -0.385. The first-order valence-corrected chi connectivity index (χ1v) is 7.32. The van der Waals surface area contributed by atoms with Gasteiger partial charge in [-0.1, -0.05) is 12.2 Å². The Labute approximate surface area is 140 Å². The second kappa shape index (κ2) is 6.79. The summed E-state index contributed by atoms with van der Waals surface area (Å²) in [5.74, 6) is -3.85. The van der Waals surface area contributed by atoms with Crippen molar-refractivity contribution in [3.63, 3.8) is 0 Å². The number of amides is 3. The number of fused-ring (bicyclic) bond motifs is 1. The highest BCUT2D eigenvalue weighted by molar-refractivity contribution is 7.78. The van der Waals surface area contributed by atoms with E-state index in [-0.39, 0.29) is 12.8 Å². The highest BCUT2D eigenvalue weighted by Gasteiger charge is 2.47. The van der Waals surface area contributed by atoms with Crippen LogP contribution in [0.1, 0.15) is 33.6 Å². The average Bonchev–Trinajstić information content (AvgIpc) is 2.81. The largest absolute Gasteiger partial charge is 0.357 e. The SMILES string of the molecule is CNC(=O)C(CCC=S)N1C(=O)c2c(F)ccc([N+](=O)[O-])c2C1=O. The minimum atomic E-state index is -1.24. The number of benzene rings is 1. The smallest absolute Gasteiger partial charge is 0.283 e. The number of nitrogens with zero attached hydrogens (tertiary/aromatic N) is 2. The molecule has 10 heteroatoms. The van der Waals surface area contributed by atoms with Gasteiger partial charge in [0.15, 0.2) is 0 Å². The summed E-state index contributed by atoms with van der Waals surface area (Å²) in [5, 5.41) is 14.7. The Hall–Kier alpha value is -2.75. The minimum absolute atomic E-state index is 0.0318. The molecule has 1 unspecified atom stereocenters. The van der Waals surface area contributed by atoms with Gasteiger partial charge in [0.25, 0.3) is 17.5 Å². The van der Waals surface area contributed by atoms with Crippen molar-refractivity contribution in [3.05, 3.63) is 39.2 Å². The van der Waals surface area contributed by atoms with Crippen LogP contribution < -0.4 is 5.32 Å². The Morgan fingerprint density at radius 1 is 1.42 bits per heavy atom. The van der Waals surface area contributed by atoms with Crippen LogP contribution in [0.15, 0.2) is 12.1 Å². The predicted octanol–water partition coefficient (Wildman–Crippen LogP) is 1.22. The monoisotopic (exact) mass is 353 g/mol. The van der Waals surface area contributed by atoms with Crippen molar-refractivity contribution in [1.29, 1.82) is 0 Å². The average molecular weight is 353 g/mol. The van der Waals surface area contributed by atoms with E-state index in [1.54, 1.807) is 0 Å². The zero-order chi connectivity index (χ0) is 18.0. The zero-order valence-corrected chi connectivity index (χ0v) is 13.3. The van der Waals surface area contributed by atoms with E-state index in [1.807, 2.05) is 0 Å². The fourth-order valence-corrected chi connectivity index (χ4v) is 2.67. The van der Waals surface area contributed by atoms with Crippen LogP contribution in [0.4, 0.5) is 10.1 Å². The molecular weight excluding hydrogens is 341 g/mol. The summed E-state index contributed by atoms with van der Waals surface area (Å²) in [7, 11) is 1.31. The molecule has 8 nitrogen and oxygen atoms in total. The predicted molar refractivity (Wildman–Crippen MR) is 84.3 cm³/mol. The number of nitro groups is 1. The van der Waals surface area contributed by atoms with Crippen molar-refractivity contribution >= 4 is 41.0 Å². The Balaban J connectivity index is 2.57. The molecule has 0 aliphatic carbocycles. The Morgan fingerprint density at radius 2 is 2.04 bits per heavy atom. The van der Waals surface area contributed by atoms with Crippen LogP contribution in [0.3, 0.4) is 0 Å². The first-order chi connectivity index (χ1) is 11.3. The maximum atomic E-state index is 14.0. The van der Waals surface area contributed by atoms with Crippen molar-refractivity contribution < 1.29 is 23.7 Å². The van der Waals surface area contributed by atoms with E-state index >= 15 is 0 Å². The minimum Gasteiger partial charge on any atom is -0.357 e. The number of carbonyl (C=O) groups is 3. The fourth-order valence-electron chi connectivity index (χ4n) is 2.53. The molecule has 0 saturated carbocycles. The number of halogens is 1. The fraction of sp³-hybridized carbons (Fsp3) is 0.286. The van der Waals surface area contributed by atoms with E-state index in [0.29, 0.717) is 4.90 Å². The molecule has 2 rings (SSSR count). The van der Waals surface area contributed by atoms with Crippen molar-refractivity contribution in [2.75, 3.05) is 7.05 Å². The highest BCUT2D eigenvalue weighted by atomic mass is 32.1. The van der Waals surface area contributed by atoms with Gasteiger partial charge >= 0.3 is 0 Å². The lowest BCUT2D eigenvalue weighted by atomic mass is 10.1. The third-order valence-electron chi connectivity index (χ3n) is 3.61. The number of likely N-dealkylation sites (N-methyl/N-ethyl adjacent to an activating group) is 1. The molecule has 1 aliphatic heterocycles. The van der Waals surface area contributed by atoms with Crippen molar-refractivity contribution in [2.45, 2.75) is 18.9 Å². The summed E-state index contributed by atoms with van der Waals surface area (Å²) in [4.78, 5) is 47.7. The summed E-state index contributed by atoms with van der Waals surface area (Å²) in [6.07, 6.45) is 0.273. The Morgan fingerprint density at radius 3 is 2.58 bits per heavy atom. The van der Waals surface area contributed by atoms with Gasteiger partial charge in [-0.3, -0.25) is 29.4 Å². The van der Waals surface area contributed by atoms with Crippen LogP contribution in [0.25, 0.3) is 0 Å². The van der Waals surface area contributed by atoms with Gasteiger partial charge in [0.1, 0.15) is 17.4 Å². The summed E-state index contributed by atoms with van der Waals surface area (Å²) in [6, 6.07) is 0.326. The molecule has 1 aliphatic rings. The normalized spacial score (nSPS) is 14.3. The molecule has 0 spiro atoms. The van der Waals surface area contributed by atoms with Gasteiger partial charge in [0.05, 0.1) is 10.5 Å². The number of nitrogens with one attached hydrogen (secondary N) is 1. The standard InChI is InChI=1S/C14H12FN3O5S/c1-16-12(19)9(3-2-6-24)17-13(20)10-7(15)4-5-8(18(22)23)11(10)14(17)21/h4-6,9H,2-3H2,1H3,(H,16,19). The van der Waals surface area contributed by atoms with Crippen LogP contribution in [-0.4, -0.2) is 46.0 Å². The molecule has 0 bridgehead atoms. The maximum Gasteiger partial charge on any atom is 0.283 e. The molecule has 126 valence electrons. The van der Waals surface area contributed by atoms with Gasteiger partial charge in [0, 0.05) is 13.1 Å². The molecule has 1 N–H and O–H groups in total. The van der Waals surface area contributed by atoms with Crippen molar-refractivity contribution in [3.8, 4) is 0 Å². The van der Waals surface area contributed by atoms with E-state index < -0.39 is 51.3 Å². The summed E-state index contributed by atoms with van der Waals surface area (Å²) >= 11 is 4.68.